The fourth-order valence-electron chi connectivity index (χ4n) is 3.75. The summed E-state index contributed by atoms with van der Waals surface area (Å²) in [6.45, 7) is 7.18. The van der Waals surface area contributed by atoms with Gasteiger partial charge in [0.15, 0.2) is 0 Å². The largest absolute Gasteiger partial charge is 0.383 e. The van der Waals surface area contributed by atoms with E-state index in [0.29, 0.717) is 30.2 Å². The molecule has 4 rings (SSSR count). The van der Waals surface area contributed by atoms with Gasteiger partial charge in [0.2, 0.25) is 0 Å². The first-order valence-corrected chi connectivity index (χ1v) is 11.0. The third kappa shape index (κ3) is 4.84. The number of halogens is 2. The normalized spacial score (nSPS) is 12.3. The molecule has 0 aliphatic carbocycles. The fraction of sp³-hybridized carbons (Fsp3) is 0.320. The number of rotatable bonds is 8. The summed E-state index contributed by atoms with van der Waals surface area (Å²) >= 11 is 0. The minimum Gasteiger partial charge on any atom is -0.383 e. The Kier molecular flexibility index (Phi) is 7.02. The van der Waals surface area contributed by atoms with E-state index in [1.807, 2.05) is 27.0 Å². The first kappa shape index (κ1) is 23.6. The van der Waals surface area contributed by atoms with Crippen LogP contribution in [0, 0.1) is 11.6 Å². The maximum absolute atomic E-state index is 14.3. The van der Waals surface area contributed by atoms with Crippen LogP contribution in [0.5, 0.6) is 0 Å². The van der Waals surface area contributed by atoms with E-state index < -0.39 is 11.6 Å². The minimum atomic E-state index is -0.672. The zero-order chi connectivity index (χ0) is 24.2. The first-order valence-electron chi connectivity index (χ1n) is 11.0. The summed E-state index contributed by atoms with van der Waals surface area (Å²) in [6, 6.07) is 5.46. The van der Waals surface area contributed by atoms with Crippen LogP contribution in [-0.4, -0.2) is 43.7 Å². The zero-order valence-corrected chi connectivity index (χ0v) is 19.5. The van der Waals surface area contributed by atoms with Crippen LogP contribution in [0.2, 0.25) is 0 Å². The Labute approximate surface area is 196 Å². The molecule has 3 heterocycles. The molecule has 0 N–H and O–H groups in total. The molecule has 0 radical (unpaired) electrons. The van der Waals surface area contributed by atoms with Crippen LogP contribution in [-0.2, 0) is 11.3 Å². The van der Waals surface area contributed by atoms with Gasteiger partial charge in [0.05, 0.1) is 53.9 Å². The van der Waals surface area contributed by atoms with Crippen molar-refractivity contribution in [3.63, 3.8) is 0 Å². The second-order valence-corrected chi connectivity index (χ2v) is 8.36. The van der Waals surface area contributed by atoms with E-state index in [1.54, 1.807) is 36.4 Å². The Hall–Kier alpha value is -3.59. The highest BCUT2D eigenvalue weighted by Crippen LogP contribution is 2.32. The highest BCUT2D eigenvalue weighted by atomic mass is 19.1. The third-order valence-corrected chi connectivity index (χ3v) is 5.65. The van der Waals surface area contributed by atoms with E-state index in [1.165, 1.54) is 18.2 Å². The molecule has 4 aromatic rings. The van der Waals surface area contributed by atoms with Crippen molar-refractivity contribution in [1.29, 1.82) is 0 Å². The van der Waals surface area contributed by atoms with Crippen molar-refractivity contribution in [2.24, 2.45) is 0 Å². The van der Waals surface area contributed by atoms with Crippen LogP contribution >= 0.6 is 0 Å². The van der Waals surface area contributed by atoms with Crippen LogP contribution in [0.15, 0.2) is 49.1 Å². The topological polar surface area (TPSA) is 78.6 Å². The standard InChI is InChI=1S/C25H26F2N6O/c1-15(2)18-10-21(24-19(26)6-5-7-20(24)27)31-32-25(18)16(3)22-12-28-13-23(30-22)17-11-29-33(14-17)8-9-34-4/h5-7,10-16H,8-9H2,1-4H3. The molecular formula is C25H26F2N6O. The summed E-state index contributed by atoms with van der Waals surface area (Å²) in [7, 11) is 1.65. The number of hydrogen-bond acceptors (Lipinski definition) is 6. The van der Waals surface area contributed by atoms with Crippen molar-refractivity contribution < 1.29 is 13.5 Å². The molecule has 0 aliphatic heterocycles. The van der Waals surface area contributed by atoms with Gasteiger partial charge in [0.1, 0.15) is 11.6 Å². The van der Waals surface area contributed by atoms with E-state index >= 15 is 0 Å². The van der Waals surface area contributed by atoms with Gasteiger partial charge in [0.25, 0.3) is 0 Å². The maximum atomic E-state index is 14.3. The molecule has 0 saturated carbocycles. The number of methoxy groups -OCH3 is 1. The SMILES string of the molecule is COCCn1cc(-c2cncc(C(C)c3nnc(-c4c(F)cccc4F)cc3C(C)C)n2)cn1. The van der Waals surface area contributed by atoms with Crippen LogP contribution in [0.1, 0.15) is 49.6 Å². The monoisotopic (exact) mass is 464 g/mol. The van der Waals surface area contributed by atoms with Crippen LogP contribution in [0.25, 0.3) is 22.5 Å². The van der Waals surface area contributed by atoms with Crippen molar-refractivity contribution in [3.8, 4) is 22.5 Å². The summed E-state index contributed by atoms with van der Waals surface area (Å²) in [6.07, 6.45) is 7.02. The molecule has 176 valence electrons. The third-order valence-electron chi connectivity index (χ3n) is 5.65. The number of aromatic nitrogens is 6. The molecule has 7 nitrogen and oxygen atoms in total. The van der Waals surface area contributed by atoms with Gasteiger partial charge in [-0.2, -0.15) is 15.3 Å². The van der Waals surface area contributed by atoms with E-state index in [-0.39, 0.29) is 23.1 Å². The molecule has 0 fully saturated rings. The van der Waals surface area contributed by atoms with Gasteiger partial charge in [0, 0.05) is 31.0 Å². The van der Waals surface area contributed by atoms with Crippen molar-refractivity contribution in [1.82, 2.24) is 29.9 Å². The van der Waals surface area contributed by atoms with E-state index in [4.69, 9.17) is 9.72 Å². The molecule has 34 heavy (non-hydrogen) atoms. The van der Waals surface area contributed by atoms with Gasteiger partial charge in [-0.1, -0.05) is 26.8 Å². The van der Waals surface area contributed by atoms with E-state index in [9.17, 15) is 8.78 Å². The average Bonchev–Trinajstić information content (AvgIpc) is 3.31. The van der Waals surface area contributed by atoms with Gasteiger partial charge in [-0.25, -0.2) is 13.8 Å². The first-order chi connectivity index (χ1) is 16.4. The van der Waals surface area contributed by atoms with Gasteiger partial charge in [-0.3, -0.25) is 9.67 Å². The molecule has 0 aliphatic rings. The quantitative estimate of drug-likeness (QED) is 0.365. The van der Waals surface area contributed by atoms with Crippen LogP contribution < -0.4 is 0 Å². The molecule has 3 aromatic heterocycles. The predicted molar refractivity (Wildman–Crippen MR) is 124 cm³/mol. The Balaban J connectivity index is 1.68. The predicted octanol–water partition coefficient (Wildman–Crippen LogP) is 5.00. The van der Waals surface area contributed by atoms with Gasteiger partial charge in [-0.05, 0) is 29.7 Å². The maximum Gasteiger partial charge on any atom is 0.135 e. The molecule has 1 atom stereocenters. The molecule has 9 heteroatoms. The summed E-state index contributed by atoms with van der Waals surface area (Å²) in [5.74, 6) is -1.53. The number of benzene rings is 1. The summed E-state index contributed by atoms with van der Waals surface area (Å²) < 4.78 is 35.5. The highest BCUT2D eigenvalue weighted by Gasteiger charge is 2.22. The molecule has 0 amide bonds. The lowest BCUT2D eigenvalue weighted by Crippen LogP contribution is -2.10. The summed E-state index contributed by atoms with van der Waals surface area (Å²) in [5.41, 5.74) is 3.78. The molecule has 1 aromatic carbocycles. The number of nitrogens with zero attached hydrogens (tertiary/aromatic N) is 6. The number of ether oxygens (including phenoxy) is 1. The second-order valence-electron chi connectivity index (χ2n) is 8.36. The molecular weight excluding hydrogens is 438 g/mol. The zero-order valence-electron chi connectivity index (χ0n) is 19.5. The highest BCUT2D eigenvalue weighted by molar-refractivity contribution is 5.62. The Bertz CT molecular complexity index is 1270. The lowest BCUT2D eigenvalue weighted by atomic mass is 9.92. The van der Waals surface area contributed by atoms with Crippen LogP contribution in [0.4, 0.5) is 8.78 Å². The van der Waals surface area contributed by atoms with Crippen molar-refractivity contribution in [2.75, 3.05) is 13.7 Å². The van der Waals surface area contributed by atoms with Crippen molar-refractivity contribution in [3.05, 3.63) is 77.6 Å². The summed E-state index contributed by atoms with van der Waals surface area (Å²) in [4.78, 5) is 9.16. The molecule has 1 unspecified atom stereocenters. The number of hydrogen-bond donors (Lipinski definition) is 0. The van der Waals surface area contributed by atoms with Crippen LogP contribution in [0.3, 0.4) is 0 Å². The Morgan fingerprint density at radius 3 is 2.47 bits per heavy atom. The van der Waals surface area contributed by atoms with Gasteiger partial charge < -0.3 is 4.74 Å². The lowest BCUT2D eigenvalue weighted by molar-refractivity contribution is 0.183. The van der Waals surface area contributed by atoms with Crippen molar-refractivity contribution >= 4 is 0 Å². The van der Waals surface area contributed by atoms with Crippen molar-refractivity contribution in [2.45, 2.75) is 39.2 Å². The second kappa shape index (κ2) is 10.1. The van der Waals surface area contributed by atoms with E-state index in [0.717, 1.165) is 11.1 Å². The van der Waals surface area contributed by atoms with Gasteiger partial charge >= 0.3 is 0 Å². The fourth-order valence-corrected chi connectivity index (χ4v) is 3.75. The molecule has 0 saturated heterocycles. The average molecular weight is 465 g/mol. The van der Waals surface area contributed by atoms with E-state index in [2.05, 4.69) is 20.3 Å². The minimum absolute atomic E-state index is 0.0525. The Morgan fingerprint density at radius 2 is 1.76 bits per heavy atom. The molecule has 0 bridgehead atoms. The smallest absolute Gasteiger partial charge is 0.135 e. The summed E-state index contributed by atoms with van der Waals surface area (Å²) in [5, 5.41) is 12.9. The Morgan fingerprint density at radius 1 is 1.00 bits per heavy atom. The lowest BCUT2D eigenvalue weighted by Gasteiger charge is -2.18. The van der Waals surface area contributed by atoms with Gasteiger partial charge in [-0.15, -0.1) is 0 Å². The molecule has 0 spiro atoms.